The molecule has 3 rings (SSSR count). The van der Waals surface area contributed by atoms with Gasteiger partial charge in [0, 0.05) is 11.1 Å². The number of amides is 1. The Morgan fingerprint density at radius 3 is 2.76 bits per heavy atom. The van der Waals surface area contributed by atoms with Crippen LogP contribution in [0.1, 0.15) is 46.5 Å². The number of hydrogen-bond acceptors (Lipinski definition) is 3. The molecule has 3 N–H and O–H groups in total. The van der Waals surface area contributed by atoms with Gasteiger partial charge in [0.2, 0.25) is 0 Å². The van der Waals surface area contributed by atoms with E-state index < -0.39 is 6.23 Å². The molecule has 4 heteroatoms. The van der Waals surface area contributed by atoms with Crippen molar-refractivity contribution >= 4 is 5.91 Å². The van der Waals surface area contributed by atoms with E-state index in [4.69, 9.17) is 0 Å². The first kappa shape index (κ1) is 10.7. The normalized spacial score (nSPS) is 24.5. The summed E-state index contributed by atoms with van der Waals surface area (Å²) in [5.74, 6) is 0.289. The number of hydrogen-bond donors (Lipinski definition) is 3. The van der Waals surface area contributed by atoms with Crippen LogP contribution in [-0.2, 0) is 0 Å². The lowest BCUT2D eigenvalue weighted by atomic mass is 9.85. The summed E-state index contributed by atoms with van der Waals surface area (Å²) in [4.78, 5) is 11.6. The molecule has 90 valence electrons. The smallest absolute Gasteiger partial charge is 0.253 e. The standard InChI is InChI=1S/C13H16N2O2/c16-12-10-3-1-2-9(11(10)13(17)15-12)8-4-6-14-7-5-8/h1-3,8,13-14,17H,4-7H2,(H,15,16). The third kappa shape index (κ3) is 1.73. The predicted octanol–water partition coefficient (Wildman–Crippen LogP) is 0.888. The molecule has 0 radical (unpaired) electrons. The highest BCUT2D eigenvalue weighted by molar-refractivity contribution is 5.99. The molecular weight excluding hydrogens is 216 g/mol. The predicted molar refractivity (Wildman–Crippen MR) is 63.7 cm³/mol. The minimum absolute atomic E-state index is 0.164. The van der Waals surface area contributed by atoms with Gasteiger partial charge in [-0.1, -0.05) is 12.1 Å². The minimum Gasteiger partial charge on any atom is -0.369 e. The Bertz CT molecular complexity index is 453. The molecular formula is C13H16N2O2. The van der Waals surface area contributed by atoms with Crippen LogP contribution in [0.4, 0.5) is 0 Å². The van der Waals surface area contributed by atoms with Gasteiger partial charge in [0.05, 0.1) is 0 Å². The van der Waals surface area contributed by atoms with Crippen LogP contribution < -0.4 is 10.6 Å². The maximum atomic E-state index is 11.6. The third-order valence-corrected chi connectivity index (χ3v) is 3.70. The first-order valence-corrected chi connectivity index (χ1v) is 6.10. The summed E-state index contributed by atoms with van der Waals surface area (Å²) in [6, 6.07) is 5.73. The van der Waals surface area contributed by atoms with E-state index in [1.165, 1.54) is 0 Å². The minimum atomic E-state index is -0.830. The van der Waals surface area contributed by atoms with Crippen molar-refractivity contribution < 1.29 is 9.90 Å². The number of carbonyl (C=O) groups is 1. The number of benzene rings is 1. The lowest BCUT2D eigenvalue weighted by molar-refractivity contribution is 0.0849. The second kappa shape index (κ2) is 4.13. The number of piperidine rings is 1. The molecule has 1 unspecified atom stereocenters. The van der Waals surface area contributed by atoms with E-state index >= 15 is 0 Å². The van der Waals surface area contributed by atoms with Crippen LogP contribution in [0.2, 0.25) is 0 Å². The zero-order valence-electron chi connectivity index (χ0n) is 9.57. The quantitative estimate of drug-likeness (QED) is 0.674. The van der Waals surface area contributed by atoms with Gasteiger partial charge < -0.3 is 15.7 Å². The van der Waals surface area contributed by atoms with Crippen molar-refractivity contribution in [1.82, 2.24) is 10.6 Å². The highest BCUT2D eigenvalue weighted by atomic mass is 16.3. The fourth-order valence-electron chi connectivity index (χ4n) is 2.85. The fraction of sp³-hybridized carbons (Fsp3) is 0.462. The molecule has 17 heavy (non-hydrogen) atoms. The van der Waals surface area contributed by atoms with E-state index in [2.05, 4.69) is 10.6 Å². The zero-order chi connectivity index (χ0) is 11.8. The first-order chi connectivity index (χ1) is 8.27. The van der Waals surface area contributed by atoms with Crippen molar-refractivity contribution in [2.45, 2.75) is 25.0 Å². The van der Waals surface area contributed by atoms with Crippen molar-refractivity contribution in [2.75, 3.05) is 13.1 Å². The Morgan fingerprint density at radius 2 is 2.00 bits per heavy atom. The van der Waals surface area contributed by atoms with E-state index in [0.29, 0.717) is 11.5 Å². The van der Waals surface area contributed by atoms with Gasteiger partial charge in [0.1, 0.15) is 0 Å². The first-order valence-electron chi connectivity index (χ1n) is 6.10. The van der Waals surface area contributed by atoms with Gasteiger partial charge in [-0.05, 0) is 43.5 Å². The highest BCUT2D eigenvalue weighted by Gasteiger charge is 2.31. The van der Waals surface area contributed by atoms with E-state index in [1.807, 2.05) is 12.1 Å². The molecule has 0 bridgehead atoms. The Labute approximate surface area is 100 Å². The summed E-state index contributed by atoms with van der Waals surface area (Å²) in [7, 11) is 0. The zero-order valence-corrected chi connectivity index (χ0v) is 9.57. The number of aliphatic hydroxyl groups excluding tert-OH is 1. The molecule has 1 saturated heterocycles. The Hall–Kier alpha value is -1.39. The van der Waals surface area contributed by atoms with Crippen LogP contribution in [0.5, 0.6) is 0 Å². The van der Waals surface area contributed by atoms with Crippen molar-refractivity contribution in [3.05, 3.63) is 34.9 Å². The number of rotatable bonds is 1. The highest BCUT2D eigenvalue weighted by Crippen LogP contribution is 2.35. The summed E-state index contributed by atoms with van der Waals surface area (Å²) in [5.41, 5.74) is 2.56. The maximum Gasteiger partial charge on any atom is 0.253 e. The number of aliphatic hydroxyl groups is 1. The molecule has 0 spiro atoms. The number of fused-ring (bicyclic) bond motifs is 1. The lowest BCUT2D eigenvalue weighted by Crippen LogP contribution is -2.27. The van der Waals surface area contributed by atoms with Gasteiger partial charge in [-0.3, -0.25) is 4.79 Å². The van der Waals surface area contributed by atoms with Gasteiger partial charge in [0.25, 0.3) is 5.91 Å². The second-order valence-corrected chi connectivity index (χ2v) is 4.71. The summed E-state index contributed by atoms with van der Waals surface area (Å²) in [6.45, 7) is 2.01. The molecule has 2 heterocycles. The van der Waals surface area contributed by atoms with Crippen LogP contribution in [0, 0.1) is 0 Å². The van der Waals surface area contributed by atoms with E-state index in [1.54, 1.807) is 6.07 Å². The maximum absolute atomic E-state index is 11.6. The summed E-state index contributed by atoms with van der Waals surface area (Å²) >= 11 is 0. The molecule has 1 fully saturated rings. The van der Waals surface area contributed by atoms with Crippen molar-refractivity contribution in [2.24, 2.45) is 0 Å². The lowest BCUT2D eigenvalue weighted by Gasteiger charge is -2.25. The van der Waals surface area contributed by atoms with E-state index in [0.717, 1.165) is 37.1 Å². The number of carbonyl (C=O) groups excluding carboxylic acids is 1. The number of nitrogens with one attached hydrogen (secondary N) is 2. The molecule has 0 saturated carbocycles. The van der Waals surface area contributed by atoms with Crippen LogP contribution in [0.25, 0.3) is 0 Å². The van der Waals surface area contributed by atoms with Crippen LogP contribution >= 0.6 is 0 Å². The molecule has 0 aliphatic carbocycles. The second-order valence-electron chi connectivity index (χ2n) is 4.71. The molecule has 2 aliphatic rings. The summed E-state index contributed by atoms with van der Waals surface area (Å²) in [6.07, 6.45) is 1.30. The van der Waals surface area contributed by atoms with Crippen LogP contribution in [0.3, 0.4) is 0 Å². The molecule has 4 nitrogen and oxygen atoms in total. The molecule has 1 aromatic rings. The van der Waals surface area contributed by atoms with Gasteiger partial charge >= 0.3 is 0 Å². The van der Waals surface area contributed by atoms with Gasteiger partial charge in [-0.2, -0.15) is 0 Å². The molecule has 1 atom stereocenters. The SMILES string of the molecule is O=C1NC(O)c2c1cccc2C1CCNCC1. The molecule has 1 aromatic carbocycles. The largest absolute Gasteiger partial charge is 0.369 e. The molecule has 0 aromatic heterocycles. The fourth-order valence-corrected chi connectivity index (χ4v) is 2.85. The Kier molecular flexibility index (Phi) is 2.61. The van der Waals surface area contributed by atoms with Crippen molar-refractivity contribution in [1.29, 1.82) is 0 Å². The Morgan fingerprint density at radius 1 is 1.24 bits per heavy atom. The van der Waals surface area contributed by atoms with E-state index in [-0.39, 0.29) is 5.91 Å². The van der Waals surface area contributed by atoms with Gasteiger partial charge in [0.15, 0.2) is 6.23 Å². The summed E-state index contributed by atoms with van der Waals surface area (Å²) < 4.78 is 0. The average molecular weight is 232 g/mol. The van der Waals surface area contributed by atoms with Gasteiger partial charge in [-0.15, -0.1) is 0 Å². The molecule has 1 amide bonds. The topological polar surface area (TPSA) is 61.4 Å². The van der Waals surface area contributed by atoms with Gasteiger partial charge in [-0.25, -0.2) is 0 Å². The van der Waals surface area contributed by atoms with Crippen molar-refractivity contribution in [3.63, 3.8) is 0 Å². The summed E-state index contributed by atoms with van der Waals surface area (Å²) in [5, 5.41) is 15.8. The van der Waals surface area contributed by atoms with Crippen molar-refractivity contribution in [3.8, 4) is 0 Å². The average Bonchev–Trinajstić information content (AvgIpc) is 2.66. The van der Waals surface area contributed by atoms with E-state index in [9.17, 15) is 9.90 Å². The monoisotopic (exact) mass is 232 g/mol. The van der Waals surface area contributed by atoms with Crippen LogP contribution in [-0.4, -0.2) is 24.1 Å². The molecule has 2 aliphatic heterocycles. The third-order valence-electron chi connectivity index (χ3n) is 3.70. The Balaban J connectivity index is 2.03. The van der Waals surface area contributed by atoms with Crippen LogP contribution in [0.15, 0.2) is 18.2 Å².